The summed E-state index contributed by atoms with van der Waals surface area (Å²) in [6, 6.07) is 12.0. The second-order valence-corrected chi connectivity index (χ2v) is 7.93. The van der Waals surface area contributed by atoms with E-state index in [4.69, 9.17) is 14.9 Å². The van der Waals surface area contributed by atoms with Crippen molar-refractivity contribution in [2.24, 2.45) is 17.3 Å². The molecule has 1 fully saturated rings. The lowest BCUT2D eigenvalue weighted by Gasteiger charge is -2.48. The summed E-state index contributed by atoms with van der Waals surface area (Å²) in [7, 11) is 3.05. The highest BCUT2D eigenvalue weighted by Crippen LogP contribution is 2.56. The lowest BCUT2D eigenvalue weighted by molar-refractivity contribution is 0.170. The van der Waals surface area contributed by atoms with Crippen LogP contribution in [-0.4, -0.2) is 44.0 Å². The molecule has 1 aromatic rings. The molecule has 0 saturated heterocycles. The topological polar surface area (TPSA) is 117 Å². The predicted molar refractivity (Wildman–Crippen MR) is 111 cm³/mol. The van der Waals surface area contributed by atoms with E-state index >= 15 is 0 Å². The van der Waals surface area contributed by atoms with Gasteiger partial charge in [0.05, 0.1) is 38.1 Å². The second-order valence-electron chi connectivity index (χ2n) is 7.93. The number of nitrogens with one attached hydrogen (secondary N) is 1. The number of nitriles is 3. The smallest absolute Gasteiger partial charge is 0.189 e. The summed E-state index contributed by atoms with van der Waals surface area (Å²) in [5, 5.41) is 38.9. The van der Waals surface area contributed by atoms with E-state index in [9.17, 15) is 15.8 Å². The molecule has 0 amide bonds. The summed E-state index contributed by atoms with van der Waals surface area (Å²) in [4.78, 5) is 2.25. The minimum atomic E-state index is -1.78. The lowest BCUT2D eigenvalue weighted by atomic mass is 9.54. The van der Waals surface area contributed by atoms with Gasteiger partial charge in [-0.25, -0.2) is 0 Å². The van der Waals surface area contributed by atoms with Crippen molar-refractivity contribution in [1.82, 2.24) is 4.90 Å². The number of fused-ring (bicyclic) bond motifs is 1. The fourth-order valence-corrected chi connectivity index (χ4v) is 4.75. The van der Waals surface area contributed by atoms with Gasteiger partial charge in [0.1, 0.15) is 5.92 Å². The minimum Gasteiger partial charge on any atom is -0.493 e. The number of ether oxygens (including phenoxy) is 2. The van der Waals surface area contributed by atoms with E-state index in [2.05, 4.69) is 37.0 Å². The fraction of sp³-hybridized carbons (Fsp3) is 0.478. The number of hydrogen-bond donors (Lipinski definition) is 1. The van der Waals surface area contributed by atoms with Gasteiger partial charge in [-0.2, -0.15) is 15.8 Å². The van der Waals surface area contributed by atoms with E-state index in [1.165, 1.54) is 14.2 Å². The normalized spacial score (nSPS) is 25.3. The van der Waals surface area contributed by atoms with Crippen LogP contribution in [0.25, 0.3) is 0 Å². The number of para-hydroxylation sites is 1. The zero-order valence-electron chi connectivity index (χ0n) is 17.6. The molecule has 7 heteroatoms. The molecule has 0 aromatic heterocycles. The molecule has 1 saturated carbocycles. The van der Waals surface area contributed by atoms with Gasteiger partial charge in [-0.15, -0.1) is 0 Å². The maximum Gasteiger partial charge on any atom is 0.189 e. The van der Waals surface area contributed by atoms with E-state index in [1.54, 1.807) is 12.1 Å². The summed E-state index contributed by atoms with van der Waals surface area (Å²) >= 11 is 0. The Hall–Kier alpha value is -3.34. The Morgan fingerprint density at radius 1 is 1.17 bits per heavy atom. The molecule has 1 unspecified atom stereocenters. The lowest BCUT2D eigenvalue weighted by Crippen LogP contribution is -2.53. The van der Waals surface area contributed by atoms with E-state index in [1.807, 2.05) is 12.1 Å². The van der Waals surface area contributed by atoms with Crippen LogP contribution >= 0.6 is 0 Å². The van der Waals surface area contributed by atoms with Gasteiger partial charge in [0, 0.05) is 36.5 Å². The molecule has 1 heterocycles. The van der Waals surface area contributed by atoms with Crippen molar-refractivity contribution in [3.63, 3.8) is 0 Å². The Labute approximate surface area is 177 Å². The molecule has 1 aliphatic heterocycles. The molecule has 2 aliphatic rings. The Bertz CT molecular complexity index is 994. The summed E-state index contributed by atoms with van der Waals surface area (Å²) in [6.45, 7) is 5.44. The van der Waals surface area contributed by atoms with Gasteiger partial charge >= 0.3 is 0 Å². The van der Waals surface area contributed by atoms with Crippen LogP contribution in [0.3, 0.4) is 0 Å². The van der Waals surface area contributed by atoms with E-state index in [0.717, 1.165) is 5.57 Å². The Morgan fingerprint density at radius 3 is 2.40 bits per heavy atom. The summed E-state index contributed by atoms with van der Waals surface area (Å²) in [5.41, 5.74) is -0.481. The third kappa shape index (κ3) is 3.02. The summed E-state index contributed by atoms with van der Waals surface area (Å²) in [6.07, 6.45) is 1.99. The number of nitrogens with zero attached hydrogens (tertiary/aromatic N) is 4. The van der Waals surface area contributed by atoms with Crippen LogP contribution in [0.2, 0.25) is 0 Å². The maximum atomic E-state index is 10.2. The first kappa shape index (κ1) is 21.4. The van der Waals surface area contributed by atoms with Crippen LogP contribution in [0.15, 0.2) is 29.8 Å². The van der Waals surface area contributed by atoms with E-state index in [0.29, 0.717) is 30.2 Å². The van der Waals surface area contributed by atoms with Crippen LogP contribution in [0.1, 0.15) is 25.3 Å². The number of methoxy groups -OCH3 is 2. The van der Waals surface area contributed by atoms with Gasteiger partial charge in [-0.1, -0.05) is 18.2 Å². The van der Waals surface area contributed by atoms with E-state index < -0.39 is 17.3 Å². The molecule has 1 aromatic carbocycles. The van der Waals surface area contributed by atoms with Crippen molar-refractivity contribution in [3.8, 4) is 29.7 Å². The van der Waals surface area contributed by atoms with Gasteiger partial charge in [0.2, 0.25) is 0 Å². The van der Waals surface area contributed by atoms with Gasteiger partial charge in [-0.3, -0.25) is 4.90 Å². The highest BCUT2D eigenvalue weighted by molar-refractivity contribution is 6.01. The Kier molecular flexibility index (Phi) is 5.83. The highest BCUT2D eigenvalue weighted by atomic mass is 16.5. The summed E-state index contributed by atoms with van der Waals surface area (Å²) < 4.78 is 11.1. The molecule has 154 valence electrons. The number of benzene rings is 1. The van der Waals surface area contributed by atoms with Gasteiger partial charge in [-0.05, 0) is 25.5 Å². The molecule has 0 bridgehead atoms. The average molecular weight is 403 g/mol. The molecule has 7 nitrogen and oxygen atoms in total. The second kappa shape index (κ2) is 8.19. The zero-order valence-corrected chi connectivity index (χ0v) is 17.6. The van der Waals surface area contributed by atoms with Crippen molar-refractivity contribution in [1.29, 1.82) is 21.2 Å². The van der Waals surface area contributed by atoms with E-state index in [-0.39, 0.29) is 17.7 Å². The highest BCUT2D eigenvalue weighted by Gasteiger charge is 2.58. The number of hydrogen-bond acceptors (Lipinski definition) is 7. The number of rotatable bonds is 4. The van der Waals surface area contributed by atoms with Crippen molar-refractivity contribution in [2.75, 3.05) is 27.3 Å². The van der Waals surface area contributed by atoms with Crippen molar-refractivity contribution in [3.05, 3.63) is 35.4 Å². The average Bonchev–Trinajstić information content (AvgIpc) is 2.77. The quantitative estimate of drug-likeness (QED) is 0.771. The largest absolute Gasteiger partial charge is 0.493 e. The Balaban J connectivity index is 2.32. The molecule has 0 spiro atoms. The van der Waals surface area contributed by atoms with Gasteiger partial charge < -0.3 is 14.9 Å². The van der Waals surface area contributed by atoms with Crippen LogP contribution in [0.5, 0.6) is 11.5 Å². The third-order valence-electron chi connectivity index (χ3n) is 6.32. The first-order valence-corrected chi connectivity index (χ1v) is 9.86. The van der Waals surface area contributed by atoms with Crippen LogP contribution in [0, 0.1) is 56.7 Å². The molecule has 3 atom stereocenters. The minimum absolute atomic E-state index is 0.162. The molecule has 3 rings (SSSR count). The van der Waals surface area contributed by atoms with Crippen molar-refractivity contribution < 1.29 is 9.47 Å². The zero-order chi connectivity index (χ0) is 22.1. The van der Waals surface area contributed by atoms with Gasteiger partial charge in [0.25, 0.3) is 0 Å². The van der Waals surface area contributed by atoms with Crippen LogP contribution < -0.4 is 9.47 Å². The first-order valence-electron chi connectivity index (χ1n) is 9.86. The molecular formula is C23H25N5O2. The van der Waals surface area contributed by atoms with Crippen LogP contribution in [-0.2, 0) is 0 Å². The third-order valence-corrected chi connectivity index (χ3v) is 6.32. The monoisotopic (exact) mass is 403 g/mol. The maximum absolute atomic E-state index is 10.2. The Morgan fingerprint density at radius 2 is 1.87 bits per heavy atom. The van der Waals surface area contributed by atoms with Crippen molar-refractivity contribution in [2.45, 2.75) is 25.8 Å². The first-order chi connectivity index (χ1) is 14.4. The predicted octanol–water partition coefficient (Wildman–Crippen LogP) is 3.26. The summed E-state index contributed by atoms with van der Waals surface area (Å²) in [5.74, 6) is -0.876. The SMILES string of the molecule is COc1cccc([C@@H]2[C@@H]3CN(C(C)C)CC=C3C(C#N)C(=N)C2(C#N)C#N)c1OC. The molecular weight excluding hydrogens is 378 g/mol. The van der Waals surface area contributed by atoms with Crippen LogP contribution in [0.4, 0.5) is 0 Å². The van der Waals surface area contributed by atoms with Crippen molar-refractivity contribution >= 4 is 5.71 Å². The molecule has 1 N–H and O–H groups in total. The molecule has 30 heavy (non-hydrogen) atoms. The molecule has 1 aliphatic carbocycles. The molecule has 0 radical (unpaired) electrons. The fourth-order valence-electron chi connectivity index (χ4n) is 4.75. The standard InChI is InChI=1S/C23H25N5O2/c1-14(2)28-9-8-15-17(10-24)22(27)23(12-25,13-26)20(18(15)11-28)16-6-5-7-19(29-3)21(16)30-4/h5-8,14,17-18,20,27H,9,11H2,1-4H3/t17?,18-,20-/m1/s1. The van der Waals surface area contributed by atoms with Gasteiger partial charge in [0.15, 0.2) is 16.9 Å².